The molecule has 2 bridgehead atoms. The second-order valence-electron chi connectivity index (χ2n) is 6.61. The number of ether oxygens (including phenoxy) is 1. The number of hydrogen-bond acceptors (Lipinski definition) is 2. The smallest absolute Gasteiger partial charge is 0.302 e. The van der Waals surface area contributed by atoms with Crippen molar-refractivity contribution in [2.75, 3.05) is 6.61 Å². The molecule has 0 saturated heterocycles. The van der Waals surface area contributed by atoms with E-state index in [1.54, 1.807) is 0 Å². The number of esters is 1. The topological polar surface area (TPSA) is 26.3 Å². The van der Waals surface area contributed by atoms with Gasteiger partial charge >= 0.3 is 5.97 Å². The fourth-order valence-electron chi connectivity index (χ4n) is 4.82. The van der Waals surface area contributed by atoms with Crippen molar-refractivity contribution in [3.05, 3.63) is 0 Å². The molecule has 5 unspecified atom stereocenters. The molecule has 2 saturated carbocycles. The Hall–Kier alpha value is -0.530. The molecular formula is C15H26O2. The third-order valence-electron chi connectivity index (χ3n) is 5.91. The molecular weight excluding hydrogens is 212 g/mol. The highest BCUT2D eigenvalue weighted by Crippen LogP contribution is 2.66. The molecule has 0 aromatic carbocycles. The molecule has 0 aromatic heterocycles. The molecule has 0 spiro atoms. The summed E-state index contributed by atoms with van der Waals surface area (Å²) in [5.41, 5.74) is 0.416. The van der Waals surface area contributed by atoms with Gasteiger partial charge < -0.3 is 4.74 Å². The fraction of sp³-hybridized carbons (Fsp3) is 0.933. The Bertz CT molecular complexity index is 310. The van der Waals surface area contributed by atoms with Gasteiger partial charge in [-0.3, -0.25) is 4.79 Å². The maximum absolute atomic E-state index is 11.0. The molecule has 17 heavy (non-hydrogen) atoms. The van der Waals surface area contributed by atoms with Crippen molar-refractivity contribution in [2.24, 2.45) is 35.0 Å². The van der Waals surface area contributed by atoms with E-state index < -0.39 is 0 Å². The van der Waals surface area contributed by atoms with Crippen LogP contribution in [0.15, 0.2) is 0 Å². The summed E-state index contributed by atoms with van der Waals surface area (Å²) in [4.78, 5) is 11.0. The van der Waals surface area contributed by atoms with Crippen LogP contribution in [-0.2, 0) is 9.53 Å². The number of fused-ring (bicyclic) bond motifs is 2. The van der Waals surface area contributed by atoms with Crippen LogP contribution in [0.1, 0.15) is 47.5 Å². The van der Waals surface area contributed by atoms with Crippen molar-refractivity contribution in [1.82, 2.24) is 0 Å². The van der Waals surface area contributed by atoms with E-state index in [-0.39, 0.29) is 5.97 Å². The summed E-state index contributed by atoms with van der Waals surface area (Å²) in [6.45, 7) is 11.7. The van der Waals surface area contributed by atoms with Crippen molar-refractivity contribution in [3.8, 4) is 0 Å². The van der Waals surface area contributed by atoms with Crippen LogP contribution in [0.5, 0.6) is 0 Å². The summed E-state index contributed by atoms with van der Waals surface area (Å²) in [5.74, 6) is 3.60. The lowest BCUT2D eigenvalue weighted by Gasteiger charge is -2.45. The van der Waals surface area contributed by atoms with Crippen LogP contribution in [0.25, 0.3) is 0 Å². The molecule has 0 N–H and O–H groups in total. The van der Waals surface area contributed by atoms with Gasteiger partial charge in [0.1, 0.15) is 0 Å². The molecule has 2 fully saturated rings. The molecule has 5 atom stereocenters. The van der Waals surface area contributed by atoms with Gasteiger partial charge in [0.2, 0.25) is 0 Å². The number of carbonyl (C=O) groups excluding carboxylic acids is 1. The minimum Gasteiger partial charge on any atom is -0.466 e. The van der Waals surface area contributed by atoms with Gasteiger partial charge in [-0.2, -0.15) is 0 Å². The highest BCUT2D eigenvalue weighted by Gasteiger charge is 2.60. The maximum Gasteiger partial charge on any atom is 0.302 e. The summed E-state index contributed by atoms with van der Waals surface area (Å²) in [7, 11) is 0. The van der Waals surface area contributed by atoms with Gasteiger partial charge in [-0.15, -0.1) is 0 Å². The van der Waals surface area contributed by atoms with E-state index >= 15 is 0 Å². The van der Waals surface area contributed by atoms with Crippen LogP contribution in [-0.4, -0.2) is 12.6 Å². The minimum absolute atomic E-state index is 0.132. The molecule has 0 amide bonds. The molecule has 2 heteroatoms. The van der Waals surface area contributed by atoms with E-state index in [2.05, 4.69) is 27.7 Å². The van der Waals surface area contributed by atoms with Gasteiger partial charge in [-0.1, -0.05) is 27.7 Å². The summed E-state index contributed by atoms with van der Waals surface area (Å²) < 4.78 is 5.30. The molecule has 2 rings (SSSR count). The van der Waals surface area contributed by atoms with E-state index in [4.69, 9.17) is 4.74 Å². The molecule has 0 radical (unpaired) electrons. The van der Waals surface area contributed by atoms with Crippen molar-refractivity contribution in [1.29, 1.82) is 0 Å². The quantitative estimate of drug-likeness (QED) is 0.703. The van der Waals surface area contributed by atoms with E-state index in [9.17, 15) is 4.79 Å². The first-order valence-corrected chi connectivity index (χ1v) is 7.03. The molecule has 2 aliphatic carbocycles. The van der Waals surface area contributed by atoms with Crippen molar-refractivity contribution < 1.29 is 9.53 Å². The highest BCUT2D eigenvalue weighted by molar-refractivity contribution is 5.65. The largest absolute Gasteiger partial charge is 0.466 e. The Balaban J connectivity index is 2.17. The zero-order valence-corrected chi connectivity index (χ0v) is 11.8. The predicted molar refractivity (Wildman–Crippen MR) is 68.4 cm³/mol. The Morgan fingerprint density at radius 2 is 2.06 bits per heavy atom. The molecule has 98 valence electrons. The van der Waals surface area contributed by atoms with Gasteiger partial charge in [-0.25, -0.2) is 0 Å². The number of rotatable bonds is 3. The van der Waals surface area contributed by atoms with Crippen LogP contribution in [0.2, 0.25) is 0 Å². The average molecular weight is 238 g/mol. The van der Waals surface area contributed by atoms with Crippen LogP contribution >= 0.6 is 0 Å². The number of carbonyl (C=O) groups is 1. The third kappa shape index (κ3) is 1.80. The lowest BCUT2D eigenvalue weighted by molar-refractivity contribution is -0.145. The zero-order valence-electron chi connectivity index (χ0n) is 11.8. The van der Waals surface area contributed by atoms with Gasteiger partial charge in [0.05, 0.1) is 6.61 Å². The molecule has 0 aliphatic heterocycles. The lowest BCUT2D eigenvalue weighted by Crippen LogP contribution is -2.41. The van der Waals surface area contributed by atoms with E-state index in [0.717, 1.165) is 17.8 Å². The Kier molecular flexibility index (Phi) is 3.26. The lowest BCUT2D eigenvalue weighted by atomic mass is 9.60. The van der Waals surface area contributed by atoms with Crippen molar-refractivity contribution in [2.45, 2.75) is 47.5 Å². The monoisotopic (exact) mass is 238 g/mol. The Morgan fingerprint density at radius 3 is 2.53 bits per heavy atom. The maximum atomic E-state index is 11.0. The average Bonchev–Trinajstić information content (AvgIpc) is 2.74. The van der Waals surface area contributed by atoms with Crippen LogP contribution < -0.4 is 0 Å². The molecule has 0 aromatic rings. The van der Waals surface area contributed by atoms with E-state index in [1.165, 1.54) is 19.8 Å². The zero-order chi connectivity index (χ0) is 12.8. The molecule has 0 heterocycles. The molecule has 2 nitrogen and oxygen atoms in total. The van der Waals surface area contributed by atoms with Gasteiger partial charge in [0.15, 0.2) is 0 Å². The predicted octanol–water partition coefficient (Wildman–Crippen LogP) is 3.50. The minimum atomic E-state index is -0.132. The van der Waals surface area contributed by atoms with Crippen LogP contribution in [0.3, 0.4) is 0 Å². The Labute approximate surface area is 105 Å². The summed E-state index contributed by atoms with van der Waals surface area (Å²) in [6, 6.07) is 0. The van der Waals surface area contributed by atoms with Crippen LogP contribution in [0.4, 0.5) is 0 Å². The van der Waals surface area contributed by atoms with Gasteiger partial charge in [0, 0.05) is 6.92 Å². The molecule has 2 aliphatic rings. The standard InChI is InChI=1S/C15H26O2/c1-9(2)15-7-13(10(3)11(15)4)6-14(15)8-17-12(5)16/h9-11,13-14H,6-8H2,1-5H3. The Morgan fingerprint density at radius 1 is 1.41 bits per heavy atom. The second-order valence-corrected chi connectivity index (χ2v) is 6.61. The van der Waals surface area contributed by atoms with Crippen molar-refractivity contribution >= 4 is 5.97 Å². The second kappa shape index (κ2) is 4.29. The number of hydrogen-bond donors (Lipinski definition) is 0. The van der Waals surface area contributed by atoms with Gasteiger partial charge in [-0.05, 0) is 47.8 Å². The van der Waals surface area contributed by atoms with Gasteiger partial charge in [0.25, 0.3) is 0 Å². The van der Waals surface area contributed by atoms with E-state index in [0.29, 0.717) is 23.9 Å². The first kappa shape index (κ1) is 12.9. The summed E-state index contributed by atoms with van der Waals surface area (Å²) >= 11 is 0. The SMILES string of the molecule is CC(=O)OCC1CC2CC1(C(C)C)C(C)C2C. The first-order chi connectivity index (χ1) is 7.89. The van der Waals surface area contributed by atoms with Crippen LogP contribution in [0, 0.1) is 35.0 Å². The first-order valence-electron chi connectivity index (χ1n) is 7.03. The summed E-state index contributed by atoms with van der Waals surface area (Å²) in [5, 5.41) is 0. The highest BCUT2D eigenvalue weighted by atomic mass is 16.5. The van der Waals surface area contributed by atoms with Crippen molar-refractivity contribution in [3.63, 3.8) is 0 Å². The van der Waals surface area contributed by atoms with E-state index in [1.807, 2.05) is 0 Å². The summed E-state index contributed by atoms with van der Waals surface area (Å²) in [6.07, 6.45) is 2.61. The third-order valence-corrected chi connectivity index (χ3v) is 5.91. The fourth-order valence-corrected chi connectivity index (χ4v) is 4.82. The normalized spacial score (nSPS) is 44.4.